The van der Waals surface area contributed by atoms with Crippen LogP contribution in [0.25, 0.3) is 0 Å². The first-order valence-electron chi connectivity index (χ1n) is 16.4. The molecule has 2 bridgehead atoms. The van der Waals surface area contributed by atoms with Crippen molar-refractivity contribution in [2.45, 2.75) is 104 Å². The summed E-state index contributed by atoms with van der Waals surface area (Å²) < 4.78 is 43.7. The van der Waals surface area contributed by atoms with Gasteiger partial charge in [-0.2, -0.15) is 0 Å². The van der Waals surface area contributed by atoms with Crippen LogP contribution in [0.15, 0.2) is 48.8 Å². The van der Waals surface area contributed by atoms with Gasteiger partial charge in [-0.05, 0) is 44.4 Å². The van der Waals surface area contributed by atoms with Gasteiger partial charge in [0.2, 0.25) is 6.29 Å². The smallest absolute Gasteiger partial charge is 0.340 e. The Kier molecular flexibility index (Phi) is 9.74. The van der Waals surface area contributed by atoms with E-state index in [4.69, 9.17) is 33.2 Å². The zero-order valence-corrected chi connectivity index (χ0v) is 29.3. The highest BCUT2D eigenvalue weighted by Gasteiger charge is 2.85. The maximum Gasteiger partial charge on any atom is 0.340 e. The normalized spacial score (nSPS) is 38.0. The second kappa shape index (κ2) is 13.3. The number of esters is 6. The van der Waals surface area contributed by atoms with Crippen LogP contribution in [0.4, 0.5) is 0 Å². The van der Waals surface area contributed by atoms with Gasteiger partial charge >= 0.3 is 35.8 Å². The standard InChI is InChI=1S/C36H43NO13/c1-17(2)25-12-13-26(44-19(4)38)36-29(25)34(9,50-33(36)47-22(7)41)32(48-31(43)24-11-10-14-37-16-24)35(49-23(8)42)15-18(3)28(45-20(5)39)27(35)30(36)46-21(6)40/h10-14,16,18,25-30,32-33H,1,15H2,2-9H3/t18-,25+,26+,27+,28-,29-,30+,32-,33-,34+,35+,36-/m0/s1. The average molecular weight is 698 g/mol. The summed E-state index contributed by atoms with van der Waals surface area (Å²) in [6, 6.07) is 3.03. The van der Waals surface area contributed by atoms with Gasteiger partial charge < -0.3 is 33.2 Å². The number of pyridine rings is 1. The molecule has 3 fully saturated rings. The molecule has 14 nitrogen and oxygen atoms in total. The summed E-state index contributed by atoms with van der Waals surface area (Å²) in [5.74, 6) is -8.17. The number of ether oxygens (including phenoxy) is 7. The van der Waals surface area contributed by atoms with Crippen molar-refractivity contribution >= 4 is 35.8 Å². The molecule has 270 valence electrons. The van der Waals surface area contributed by atoms with E-state index in [2.05, 4.69) is 11.6 Å². The Morgan fingerprint density at radius 1 is 0.860 bits per heavy atom. The lowest BCUT2D eigenvalue weighted by Crippen LogP contribution is -2.66. The number of allylic oxidation sites excluding steroid dienone is 2. The maximum atomic E-state index is 14.1. The van der Waals surface area contributed by atoms with Crippen molar-refractivity contribution in [3.8, 4) is 0 Å². The van der Waals surface area contributed by atoms with Gasteiger partial charge in [0.15, 0.2) is 11.7 Å². The molecule has 12 atom stereocenters. The van der Waals surface area contributed by atoms with Crippen molar-refractivity contribution in [1.82, 2.24) is 4.98 Å². The summed E-state index contributed by atoms with van der Waals surface area (Å²) >= 11 is 0. The van der Waals surface area contributed by atoms with Crippen molar-refractivity contribution in [3.63, 3.8) is 0 Å². The van der Waals surface area contributed by atoms with Crippen LogP contribution >= 0.6 is 0 Å². The highest BCUT2D eigenvalue weighted by atomic mass is 16.7. The fourth-order valence-corrected chi connectivity index (χ4v) is 9.21. The number of rotatable bonds is 8. The van der Waals surface area contributed by atoms with Gasteiger partial charge in [0, 0.05) is 58.8 Å². The van der Waals surface area contributed by atoms with Crippen molar-refractivity contribution in [2.24, 2.45) is 29.1 Å². The van der Waals surface area contributed by atoms with Crippen LogP contribution in [0.1, 0.15) is 72.2 Å². The molecule has 4 aliphatic rings. The van der Waals surface area contributed by atoms with E-state index in [0.29, 0.717) is 5.57 Å². The van der Waals surface area contributed by atoms with E-state index >= 15 is 0 Å². The predicted molar refractivity (Wildman–Crippen MR) is 170 cm³/mol. The van der Waals surface area contributed by atoms with E-state index in [9.17, 15) is 28.8 Å². The average Bonchev–Trinajstić information content (AvgIpc) is 3.40. The molecule has 5 rings (SSSR count). The minimum atomic E-state index is -1.90. The zero-order valence-electron chi connectivity index (χ0n) is 29.3. The molecular formula is C36H43NO13. The van der Waals surface area contributed by atoms with E-state index in [1.165, 1.54) is 39.2 Å². The molecule has 0 radical (unpaired) electrons. The van der Waals surface area contributed by atoms with Crippen molar-refractivity contribution in [1.29, 1.82) is 0 Å². The molecular weight excluding hydrogens is 654 g/mol. The monoisotopic (exact) mass is 697 g/mol. The Balaban J connectivity index is 1.96. The number of carbonyl (C=O) groups is 6. The van der Waals surface area contributed by atoms with Crippen LogP contribution in [0.5, 0.6) is 0 Å². The molecule has 0 unspecified atom stereocenters. The highest BCUT2D eigenvalue weighted by molar-refractivity contribution is 5.89. The van der Waals surface area contributed by atoms with Gasteiger partial charge in [-0.25, -0.2) is 4.79 Å². The molecule has 1 saturated heterocycles. The number of carbonyl (C=O) groups excluding carboxylic acids is 6. The lowest BCUT2D eigenvalue weighted by Gasteiger charge is -2.52. The summed E-state index contributed by atoms with van der Waals surface area (Å²) in [6.07, 6.45) is -1.03. The third-order valence-electron chi connectivity index (χ3n) is 10.4. The Bertz CT molecular complexity index is 1620. The molecule has 0 N–H and O–H groups in total. The second-order valence-corrected chi connectivity index (χ2v) is 13.9. The molecule has 0 aromatic carbocycles. The highest BCUT2D eigenvalue weighted by Crippen LogP contribution is 2.70. The van der Waals surface area contributed by atoms with Gasteiger partial charge in [-0.1, -0.05) is 25.2 Å². The quantitative estimate of drug-likeness (QED) is 0.219. The maximum absolute atomic E-state index is 14.1. The first-order chi connectivity index (χ1) is 23.4. The summed E-state index contributed by atoms with van der Waals surface area (Å²) in [5, 5.41) is 0. The fourth-order valence-electron chi connectivity index (χ4n) is 9.21. The van der Waals surface area contributed by atoms with Crippen LogP contribution < -0.4 is 0 Å². The molecule has 0 amide bonds. The van der Waals surface area contributed by atoms with Gasteiger partial charge in [0.1, 0.15) is 29.3 Å². The van der Waals surface area contributed by atoms with E-state index in [1.54, 1.807) is 39.0 Å². The topological polar surface area (TPSA) is 180 Å². The van der Waals surface area contributed by atoms with Gasteiger partial charge in [-0.3, -0.25) is 29.0 Å². The molecule has 0 spiro atoms. The van der Waals surface area contributed by atoms with E-state index in [-0.39, 0.29) is 12.0 Å². The summed E-state index contributed by atoms with van der Waals surface area (Å²) in [5.41, 5.74) is -4.83. The fraction of sp³-hybridized carbons (Fsp3) is 0.583. The third-order valence-corrected chi connectivity index (χ3v) is 10.4. The molecule has 50 heavy (non-hydrogen) atoms. The molecule has 3 aliphatic carbocycles. The lowest BCUT2D eigenvalue weighted by molar-refractivity contribution is -0.286. The largest absolute Gasteiger partial charge is 0.462 e. The molecule has 1 aromatic rings. The molecule has 1 aliphatic heterocycles. The number of hydrogen-bond acceptors (Lipinski definition) is 14. The van der Waals surface area contributed by atoms with Crippen LogP contribution in [-0.4, -0.2) is 82.7 Å². The summed E-state index contributed by atoms with van der Waals surface area (Å²) in [7, 11) is 0. The van der Waals surface area contributed by atoms with E-state index < -0.39 is 107 Å². The van der Waals surface area contributed by atoms with Crippen molar-refractivity contribution < 1.29 is 61.9 Å². The van der Waals surface area contributed by atoms with Gasteiger partial charge in [0.05, 0.1) is 11.5 Å². The van der Waals surface area contributed by atoms with Gasteiger partial charge in [0.25, 0.3) is 0 Å². The van der Waals surface area contributed by atoms with Crippen LogP contribution in [0.2, 0.25) is 0 Å². The van der Waals surface area contributed by atoms with E-state index in [0.717, 1.165) is 13.8 Å². The molecule has 2 saturated carbocycles. The number of aromatic nitrogens is 1. The Labute approximate surface area is 289 Å². The summed E-state index contributed by atoms with van der Waals surface area (Å²) in [6.45, 7) is 15.3. The Morgan fingerprint density at radius 3 is 2.04 bits per heavy atom. The third kappa shape index (κ3) is 5.86. The zero-order chi connectivity index (χ0) is 36.9. The Morgan fingerprint density at radius 2 is 1.50 bits per heavy atom. The first kappa shape index (κ1) is 36.7. The minimum Gasteiger partial charge on any atom is -0.462 e. The van der Waals surface area contributed by atoms with Crippen LogP contribution in [0, 0.1) is 29.1 Å². The van der Waals surface area contributed by atoms with Crippen molar-refractivity contribution in [3.05, 3.63) is 54.4 Å². The molecule has 1 aromatic heterocycles. The number of nitrogens with zero attached hydrogens (tertiary/aromatic N) is 1. The minimum absolute atomic E-state index is 0.0542. The van der Waals surface area contributed by atoms with Crippen molar-refractivity contribution in [2.75, 3.05) is 0 Å². The van der Waals surface area contributed by atoms with Crippen LogP contribution in [0.3, 0.4) is 0 Å². The lowest BCUT2D eigenvalue weighted by atomic mass is 9.54. The predicted octanol–water partition coefficient (Wildman–Crippen LogP) is 3.42. The molecule has 14 heteroatoms. The Hall–Kier alpha value is -4.59. The summed E-state index contributed by atoms with van der Waals surface area (Å²) in [4.78, 5) is 83.1. The van der Waals surface area contributed by atoms with Crippen LogP contribution in [-0.2, 0) is 57.1 Å². The van der Waals surface area contributed by atoms with E-state index in [1.807, 2.05) is 0 Å². The number of hydrogen-bond donors (Lipinski definition) is 0. The second-order valence-electron chi connectivity index (χ2n) is 13.9. The number of fused-ring (bicyclic) bond motifs is 1. The van der Waals surface area contributed by atoms with Gasteiger partial charge in [-0.15, -0.1) is 0 Å². The SMILES string of the molecule is C=C(C)[C@H]1C=C[C@@H](OC(C)=O)[C@@]23[C@@H](OC(C)=O)O[C@@](C)([C@H](OC(=O)c4cccnc4)[C@@]4(OC(C)=O)C[C@H](C)[C@H](OC(C)=O)[C@@H]4[C@H]2OC(C)=O)[C@H]13. The first-order valence-corrected chi connectivity index (χ1v) is 16.4. The molecule has 2 heterocycles.